The fourth-order valence-corrected chi connectivity index (χ4v) is 2.60. The summed E-state index contributed by atoms with van der Waals surface area (Å²) in [5.74, 6) is 0.581. The predicted molar refractivity (Wildman–Crippen MR) is 78.7 cm³/mol. The van der Waals surface area contributed by atoms with E-state index in [0.29, 0.717) is 27.6 Å². The maximum absolute atomic E-state index is 13.3. The first-order chi connectivity index (χ1) is 9.58. The maximum Gasteiger partial charge on any atom is 0.146 e. The fourth-order valence-electron chi connectivity index (χ4n) is 1.96. The Hall–Kier alpha value is -1.45. The van der Waals surface area contributed by atoms with Gasteiger partial charge < -0.3 is 9.47 Å². The number of benzene rings is 2. The van der Waals surface area contributed by atoms with Crippen LogP contribution in [-0.2, 0) is 0 Å². The zero-order chi connectivity index (χ0) is 14.7. The van der Waals surface area contributed by atoms with E-state index in [1.165, 1.54) is 26.4 Å². The smallest absolute Gasteiger partial charge is 0.146 e. The van der Waals surface area contributed by atoms with Crippen molar-refractivity contribution in [3.63, 3.8) is 0 Å². The van der Waals surface area contributed by atoms with Crippen LogP contribution in [0.25, 0.3) is 0 Å². The normalized spacial score (nSPS) is 12.1. The third-order valence-electron chi connectivity index (χ3n) is 2.93. The van der Waals surface area contributed by atoms with Gasteiger partial charge in [-0.3, -0.25) is 0 Å². The molecule has 0 aliphatic rings. The number of halogens is 3. The summed E-state index contributed by atoms with van der Waals surface area (Å²) in [6, 6.07) is 9.57. The molecule has 20 heavy (non-hydrogen) atoms. The molecule has 2 aromatic rings. The number of rotatable bonds is 4. The highest BCUT2D eigenvalue weighted by Gasteiger charge is 2.20. The summed E-state index contributed by atoms with van der Waals surface area (Å²) in [5.41, 5.74) is 1.29. The topological polar surface area (TPSA) is 18.5 Å². The van der Waals surface area contributed by atoms with Crippen LogP contribution in [0.4, 0.5) is 4.39 Å². The van der Waals surface area contributed by atoms with E-state index in [9.17, 15) is 4.39 Å². The molecule has 0 saturated heterocycles. The number of methoxy groups -OCH3 is 2. The Balaban J connectivity index is 2.49. The Morgan fingerprint density at radius 3 is 2.45 bits per heavy atom. The zero-order valence-corrected chi connectivity index (χ0v) is 12.5. The fraction of sp³-hybridized carbons (Fsp3) is 0.200. The van der Waals surface area contributed by atoms with Gasteiger partial charge in [0.15, 0.2) is 0 Å². The van der Waals surface area contributed by atoms with Crippen LogP contribution in [0.3, 0.4) is 0 Å². The van der Waals surface area contributed by atoms with E-state index in [0.717, 1.165) is 0 Å². The van der Waals surface area contributed by atoms with Crippen LogP contribution >= 0.6 is 23.2 Å². The highest BCUT2D eigenvalue weighted by Crippen LogP contribution is 2.43. The van der Waals surface area contributed by atoms with Crippen molar-refractivity contribution in [1.82, 2.24) is 0 Å². The zero-order valence-electron chi connectivity index (χ0n) is 11.0. The minimum atomic E-state index is -0.566. The Labute approximate surface area is 127 Å². The molecule has 2 aromatic carbocycles. The van der Waals surface area contributed by atoms with Gasteiger partial charge in [0.05, 0.1) is 19.6 Å². The van der Waals surface area contributed by atoms with E-state index in [4.69, 9.17) is 32.7 Å². The highest BCUT2D eigenvalue weighted by atomic mass is 35.5. The Morgan fingerprint density at radius 1 is 1.10 bits per heavy atom. The van der Waals surface area contributed by atoms with Crippen molar-refractivity contribution in [2.24, 2.45) is 0 Å². The van der Waals surface area contributed by atoms with Crippen LogP contribution in [0.2, 0.25) is 5.02 Å². The minimum absolute atomic E-state index is 0.341. The number of hydrogen-bond acceptors (Lipinski definition) is 2. The van der Waals surface area contributed by atoms with E-state index in [1.54, 1.807) is 24.3 Å². The van der Waals surface area contributed by atoms with Crippen LogP contribution in [0, 0.1) is 5.82 Å². The molecule has 2 nitrogen and oxygen atoms in total. The predicted octanol–water partition coefficient (Wildman–Crippen LogP) is 4.82. The summed E-state index contributed by atoms with van der Waals surface area (Å²) >= 11 is 12.6. The largest absolute Gasteiger partial charge is 0.495 e. The summed E-state index contributed by atoms with van der Waals surface area (Å²) in [7, 11) is 3.02. The van der Waals surface area contributed by atoms with Gasteiger partial charge in [-0.2, -0.15) is 0 Å². The molecule has 0 bridgehead atoms. The Bertz CT molecular complexity index is 617. The molecule has 0 saturated carbocycles. The summed E-state index contributed by atoms with van der Waals surface area (Å²) in [6.07, 6.45) is 0. The van der Waals surface area contributed by atoms with Gasteiger partial charge in [0.1, 0.15) is 22.3 Å². The molecule has 106 valence electrons. The molecule has 2 rings (SSSR count). The summed E-state index contributed by atoms with van der Waals surface area (Å²) in [6.45, 7) is 0. The van der Waals surface area contributed by atoms with Crippen molar-refractivity contribution in [3.05, 3.63) is 58.4 Å². The van der Waals surface area contributed by atoms with Crippen molar-refractivity contribution in [1.29, 1.82) is 0 Å². The molecular weight excluding hydrogens is 302 g/mol. The highest BCUT2D eigenvalue weighted by molar-refractivity contribution is 6.34. The quantitative estimate of drug-likeness (QED) is 0.753. The van der Waals surface area contributed by atoms with Crippen LogP contribution in [-0.4, -0.2) is 14.2 Å². The molecule has 0 heterocycles. The van der Waals surface area contributed by atoms with Gasteiger partial charge in [-0.25, -0.2) is 4.39 Å². The van der Waals surface area contributed by atoms with Crippen molar-refractivity contribution in [3.8, 4) is 11.5 Å². The lowest BCUT2D eigenvalue weighted by Gasteiger charge is -2.17. The van der Waals surface area contributed by atoms with Crippen LogP contribution in [0.5, 0.6) is 11.5 Å². The second-order valence-electron chi connectivity index (χ2n) is 4.12. The standard InChI is InChI=1S/C15H13Cl2FO2/c1-19-12-7-6-11(15(20-2)14(12)17)13(16)9-4-3-5-10(18)8-9/h3-8,13H,1-2H3. The molecule has 0 fully saturated rings. The van der Waals surface area contributed by atoms with Gasteiger partial charge in [0.25, 0.3) is 0 Å². The first-order valence-electron chi connectivity index (χ1n) is 5.88. The average molecular weight is 315 g/mol. The molecule has 0 aliphatic heterocycles. The van der Waals surface area contributed by atoms with Crippen molar-refractivity contribution in [2.45, 2.75) is 5.38 Å². The van der Waals surface area contributed by atoms with Gasteiger partial charge in [-0.15, -0.1) is 11.6 Å². The van der Waals surface area contributed by atoms with E-state index in [1.807, 2.05) is 0 Å². The SMILES string of the molecule is COc1ccc(C(Cl)c2cccc(F)c2)c(OC)c1Cl. The van der Waals surface area contributed by atoms with Gasteiger partial charge >= 0.3 is 0 Å². The number of alkyl halides is 1. The van der Waals surface area contributed by atoms with E-state index in [-0.39, 0.29) is 5.82 Å². The van der Waals surface area contributed by atoms with Gasteiger partial charge in [0.2, 0.25) is 0 Å². The summed E-state index contributed by atoms with van der Waals surface area (Å²) in [4.78, 5) is 0. The molecule has 1 unspecified atom stereocenters. The molecule has 0 aliphatic carbocycles. The Morgan fingerprint density at radius 2 is 1.85 bits per heavy atom. The molecule has 0 radical (unpaired) electrons. The molecule has 0 spiro atoms. The van der Waals surface area contributed by atoms with Gasteiger partial charge in [-0.1, -0.05) is 23.7 Å². The van der Waals surface area contributed by atoms with Crippen LogP contribution in [0.15, 0.2) is 36.4 Å². The minimum Gasteiger partial charge on any atom is -0.495 e. The monoisotopic (exact) mass is 314 g/mol. The lowest BCUT2D eigenvalue weighted by Crippen LogP contribution is -2.00. The summed E-state index contributed by atoms with van der Waals surface area (Å²) in [5, 5.41) is -0.224. The summed E-state index contributed by atoms with van der Waals surface area (Å²) < 4.78 is 23.7. The van der Waals surface area contributed by atoms with E-state index in [2.05, 4.69) is 0 Å². The third kappa shape index (κ3) is 2.84. The third-order valence-corrected chi connectivity index (χ3v) is 3.78. The Kier molecular flexibility index (Phi) is 4.73. The van der Waals surface area contributed by atoms with E-state index < -0.39 is 5.38 Å². The van der Waals surface area contributed by atoms with Crippen molar-refractivity contribution < 1.29 is 13.9 Å². The van der Waals surface area contributed by atoms with Gasteiger partial charge in [0, 0.05) is 5.56 Å². The first kappa shape index (κ1) is 14.9. The van der Waals surface area contributed by atoms with Gasteiger partial charge in [-0.05, 0) is 29.8 Å². The second kappa shape index (κ2) is 6.33. The average Bonchev–Trinajstić information content (AvgIpc) is 2.46. The molecule has 0 amide bonds. The lowest BCUT2D eigenvalue weighted by molar-refractivity contribution is 0.392. The lowest BCUT2D eigenvalue weighted by atomic mass is 10.0. The first-order valence-corrected chi connectivity index (χ1v) is 6.69. The molecule has 0 N–H and O–H groups in total. The number of ether oxygens (including phenoxy) is 2. The second-order valence-corrected chi connectivity index (χ2v) is 4.94. The number of hydrogen-bond donors (Lipinski definition) is 0. The van der Waals surface area contributed by atoms with E-state index >= 15 is 0 Å². The molecule has 0 aromatic heterocycles. The van der Waals surface area contributed by atoms with Crippen LogP contribution < -0.4 is 9.47 Å². The molecule has 1 atom stereocenters. The molecular formula is C15H13Cl2FO2. The maximum atomic E-state index is 13.3. The van der Waals surface area contributed by atoms with Crippen molar-refractivity contribution in [2.75, 3.05) is 14.2 Å². The van der Waals surface area contributed by atoms with Crippen LogP contribution in [0.1, 0.15) is 16.5 Å². The molecule has 5 heteroatoms. The van der Waals surface area contributed by atoms with Crippen molar-refractivity contribution >= 4 is 23.2 Å².